The van der Waals surface area contributed by atoms with E-state index >= 15 is 0 Å². The fraction of sp³-hybridized carbons (Fsp3) is 0.667. The molecule has 1 aromatic carbocycles. The highest BCUT2D eigenvalue weighted by molar-refractivity contribution is 5.76. The van der Waals surface area contributed by atoms with Crippen molar-refractivity contribution in [3.63, 3.8) is 0 Å². The van der Waals surface area contributed by atoms with Crippen molar-refractivity contribution in [2.45, 2.75) is 25.2 Å². The molecule has 0 radical (unpaired) electrons. The third-order valence-electron chi connectivity index (χ3n) is 6.81. The second-order valence-corrected chi connectivity index (χ2v) is 8.23. The van der Waals surface area contributed by atoms with Gasteiger partial charge >= 0.3 is 5.97 Å². The molecule has 142 valence electrons. The molecule has 0 spiro atoms. The number of ether oxygens (including phenoxy) is 1. The molecule has 3 atom stereocenters. The van der Waals surface area contributed by atoms with Gasteiger partial charge in [0.25, 0.3) is 0 Å². The SMILES string of the molecule is O=C(O)[C@]12CC[C@H](c3ccccc3)C[C@H]1CN(CCN1CCOCC1)C2. The summed E-state index contributed by atoms with van der Waals surface area (Å²) in [4.78, 5) is 17.0. The molecule has 2 heterocycles. The molecule has 4 rings (SSSR count). The molecule has 2 saturated heterocycles. The zero-order valence-electron chi connectivity index (χ0n) is 15.5. The normalized spacial score (nSPS) is 33.1. The minimum absolute atomic E-state index is 0.267. The molecule has 1 aliphatic carbocycles. The van der Waals surface area contributed by atoms with Crippen molar-refractivity contribution in [2.24, 2.45) is 11.3 Å². The van der Waals surface area contributed by atoms with Gasteiger partial charge in [0.15, 0.2) is 0 Å². The quantitative estimate of drug-likeness (QED) is 0.875. The fourth-order valence-electron chi connectivity index (χ4n) is 5.21. The Hall–Kier alpha value is -1.43. The predicted molar refractivity (Wildman–Crippen MR) is 100 cm³/mol. The lowest BCUT2D eigenvalue weighted by Gasteiger charge is -2.38. The molecule has 26 heavy (non-hydrogen) atoms. The van der Waals surface area contributed by atoms with Crippen LogP contribution in [0.4, 0.5) is 0 Å². The van der Waals surface area contributed by atoms with Gasteiger partial charge in [0, 0.05) is 39.3 Å². The van der Waals surface area contributed by atoms with Crippen molar-refractivity contribution in [3.05, 3.63) is 35.9 Å². The van der Waals surface area contributed by atoms with Gasteiger partial charge in [-0.3, -0.25) is 9.69 Å². The molecule has 3 aliphatic rings. The van der Waals surface area contributed by atoms with E-state index in [1.165, 1.54) is 5.56 Å². The van der Waals surface area contributed by atoms with Crippen LogP contribution < -0.4 is 0 Å². The number of rotatable bonds is 5. The average molecular weight is 358 g/mol. The first-order chi connectivity index (χ1) is 12.7. The summed E-state index contributed by atoms with van der Waals surface area (Å²) >= 11 is 0. The average Bonchev–Trinajstić information content (AvgIpc) is 3.07. The summed E-state index contributed by atoms with van der Waals surface area (Å²) in [5.74, 6) is 0.194. The van der Waals surface area contributed by atoms with Gasteiger partial charge < -0.3 is 14.7 Å². The number of carboxylic acid groups (broad SMARTS) is 1. The summed E-state index contributed by atoms with van der Waals surface area (Å²) in [5, 5.41) is 10.0. The summed E-state index contributed by atoms with van der Waals surface area (Å²) in [7, 11) is 0. The van der Waals surface area contributed by atoms with Crippen LogP contribution in [0, 0.1) is 11.3 Å². The van der Waals surface area contributed by atoms with Gasteiger partial charge in [-0.05, 0) is 36.7 Å². The Kier molecular flexibility index (Phi) is 5.30. The maximum atomic E-state index is 12.2. The monoisotopic (exact) mass is 358 g/mol. The first kappa shape index (κ1) is 18.0. The lowest BCUT2D eigenvalue weighted by molar-refractivity contribution is -0.152. The summed E-state index contributed by atoms with van der Waals surface area (Å²) in [6.45, 7) is 7.28. The topological polar surface area (TPSA) is 53.0 Å². The van der Waals surface area contributed by atoms with Crippen molar-refractivity contribution in [1.29, 1.82) is 0 Å². The highest BCUT2D eigenvalue weighted by Crippen LogP contribution is 2.51. The van der Waals surface area contributed by atoms with Gasteiger partial charge in [-0.2, -0.15) is 0 Å². The van der Waals surface area contributed by atoms with Crippen molar-refractivity contribution >= 4 is 5.97 Å². The first-order valence-electron chi connectivity index (χ1n) is 9.98. The molecule has 0 bridgehead atoms. The summed E-state index contributed by atoms with van der Waals surface area (Å²) in [6.07, 6.45) is 2.80. The smallest absolute Gasteiger partial charge is 0.311 e. The number of hydrogen-bond donors (Lipinski definition) is 1. The van der Waals surface area contributed by atoms with Crippen LogP contribution >= 0.6 is 0 Å². The molecule has 1 aromatic rings. The molecule has 1 N–H and O–H groups in total. The second kappa shape index (κ2) is 7.67. The van der Waals surface area contributed by atoms with E-state index in [2.05, 4.69) is 40.1 Å². The van der Waals surface area contributed by atoms with E-state index < -0.39 is 11.4 Å². The van der Waals surface area contributed by atoms with Crippen molar-refractivity contribution in [1.82, 2.24) is 9.80 Å². The summed E-state index contributed by atoms with van der Waals surface area (Å²) in [5.41, 5.74) is 0.842. The number of benzene rings is 1. The Morgan fingerprint density at radius 1 is 1.15 bits per heavy atom. The molecule has 5 nitrogen and oxygen atoms in total. The van der Waals surface area contributed by atoms with Gasteiger partial charge in [0.1, 0.15) is 0 Å². The van der Waals surface area contributed by atoms with Crippen LogP contribution in [0.1, 0.15) is 30.7 Å². The van der Waals surface area contributed by atoms with Gasteiger partial charge in [0.2, 0.25) is 0 Å². The number of carboxylic acids is 1. The van der Waals surface area contributed by atoms with Crippen molar-refractivity contribution in [2.75, 3.05) is 52.5 Å². The number of hydrogen-bond acceptors (Lipinski definition) is 4. The highest BCUT2D eigenvalue weighted by atomic mass is 16.5. The Morgan fingerprint density at radius 2 is 1.88 bits per heavy atom. The van der Waals surface area contributed by atoms with E-state index in [0.717, 1.165) is 71.7 Å². The van der Waals surface area contributed by atoms with E-state index in [9.17, 15) is 9.90 Å². The Bertz CT molecular complexity index is 617. The van der Waals surface area contributed by atoms with Gasteiger partial charge in [-0.1, -0.05) is 30.3 Å². The maximum Gasteiger partial charge on any atom is 0.311 e. The minimum Gasteiger partial charge on any atom is -0.481 e. The lowest BCUT2D eigenvalue weighted by Crippen LogP contribution is -2.43. The number of aliphatic carboxylic acids is 1. The van der Waals surface area contributed by atoms with Crippen LogP contribution in [0.15, 0.2) is 30.3 Å². The van der Waals surface area contributed by atoms with Gasteiger partial charge in [0.05, 0.1) is 18.6 Å². The molecule has 3 fully saturated rings. The third kappa shape index (κ3) is 3.53. The molecular formula is C21H30N2O3. The first-order valence-corrected chi connectivity index (χ1v) is 9.98. The molecule has 5 heteroatoms. The zero-order chi connectivity index (χ0) is 18.0. The van der Waals surface area contributed by atoms with Crippen LogP contribution in [0.25, 0.3) is 0 Å². The Morgan fingerprint density at radius 3 is 2.62 bits per heavy atom. The lowest BCUT2D eigenvalue weighted by atomic mass is 9.64. The van der Waals surface area contributed by atoms with Crippen LogP contribution in [-0.2, 0) is 9.53 Å². The molecule has 2 aliphatic heterocycles. The summed E-state index contributed by atoms with van der Waals surface area (Å²) < 4.78 is 5.42. The predicted octanol–water partition coefficient (Wildman–Crippen LogP) is 2.29. The van der Waals surface area contributed by atoms with Gasteiger partial charge in [-0.15, -0.1) is 0 Å². The largest absolute Gasteiger partial charge is 0.481 e. The Balaban J connectivity index is 1.41. The van der Waals surface area contributed by atoms with E-state index in [4.69, 9.17) is 4.74 Å². The molecular weight excluding hydrogens is 328 g/mol. The van der Waals surface area contributed by atoms with Crippen LogP contribution in [0.2, 0.25) is 0 Å². The second-order valence-electron chi connectivity index (χ2n) is 8.23. The Labute approximate surface area is 155 Å². The maximum absolute atomic E-state index is 12.2. The van der Waals surface area contributed by atoms with Crippen LogP contribution in [0.3, 0.4) is 0 Å². The number of morpholine rings is 1. The van der Waals surface area contributed by atoms with E-state index in [1.54, 1.807) is 0 Å². The van der Waals surface area contributed by atoms with E-state index in [1.807, 2.05) is 0 Å². The van der Waals surface area contributed by atoms with E-state index in [0.29, 0.717) is 5.92 Å². The van der Waals surface area contributed by atoms with Crippen LogP contribution in [0.5, 0.6) is 0 Å². The standard InChI is InChI=1S/C21H30N2O3/c24-20(25)21-7-6-18(17-4-2-1-3-5-17)14-19(21)15-23(16-21)9-8-22-10-12-26-13-11-22/h1-5,18-19H,6-16H2,(H,24,25)/t18-,19-,21-/m0/s1. The fourth-order valence-corrected chi connectivity index (χ4v) is 5.21. The molecule has 0 amide bonds. The van der Waals surface area contributed by atoms with Gasteiger partial charge in [-0.25, -0.2) is 0 Å². The highest BCUT2D eigenvalue weighted by Gasteiger charge is 2.54. The van der Waals surface area contributed by atoms with Crippen molar-refractivity contribution < 1.29 is 14.6 Å². The number of likely N-dealkylation sites (tertiary alicyclic amines) is 1. The summed E-state index contributed by atoms with van der Waals surface area (Å²) in [6, 6.07) is 10.6. The van der Waals surface area contributed by atoms with Crippen LogP contribution in [-0.4, -0.2) is 73.4 Å². The van der Waals surface area contributed by atoms with Crippen molar-refractivity contribution in [3.8, 4) is 0 Å². The number of fused-ring (bicyclic) bond motifs is 1. The van der Waals surface area contributed by atoms with E-state index in [-0.39, 0.29) is 5.92 Å². The number of carbonyl (C=O) groups is 1. The minimum atomic E-state index is -0.581. The molecule has 0 unspecified atom stereocenters. The molecule has 0 aromatic heterocycles. The molecule has 1 saturated carbocycles. The zero-order valence-corrected chi connectivity index (χ0v) is 15.5. The third-order valence-corrected chi connectivity index (χ3v) is 6.81. The number of nitrogens with zero attached hydrogens (tertiary/aromatic N) is 2.